The molecule has 0 saturated carbocycles. The second kappa shape index (κ2) is 5.47. The van der Waals surface area contributed by atoms with Gasteiger partial charge in [-0.25, -0.2) is 4.39 Å². The highest BCUT2D eigenvalue weighted by atomic mass is 19.1. The van der Waals surface area contributed by atoms with Crippen LogP contribution in [0.3, 0.4) is 0 Å². The molecule has 0 fully saturated rings. The Bertz CT molecular complexity index is 670. The SMILES string of the molecule is CN(C)CCOc1ccc2c(c1)C(N)c1cccc(F)c1-2. The summed E-state index contributed by atoms with van der Waals surface area (Å²) in [5, 5.41) is 0. The Morgan fingerprint density at radius 2 is 2.00 bits per heavy atom. The molecule has 2 N–H and O–H groups in total. The standard InChI is InChI=1S/C17H19FN2O/c1-20(2)8-9-21-11-6-7-12-14(10-11)17(19)13-4-3-5-15(18)16(12)13/h3-7,10,17H,8-9,19H2,1-2H3. The van der Waals surface area contributed by atoms with Gasteiger partial charge in [-0.05, 0) is 49.0 Å². The molecule has 0 aliphatic heterocycles. The van der Waals surface area contributed by atoms with Crippen LogP contribution < -0.4 is 10.5 Å². The number of fused-ring (bicyclic) bond motifs is 3. The van der Waals surface area contributed by atoms with Gasteiger partial charge in [0.2, 0.25) is 0 Å². The van der Waals surface area contributed by atoms with Crippen molar-refractivity contribution in [1.29, 1.82) is 0 Å². The predicted molar refractivity (Wildman–Crippen MR) is 81.9 cm³/mol. The first-order valence-electron chi connectivity index (χ1n) is 7.04. The highest BCUT2D eigenvalue weighted by Gasteiger charge is 2.28. The average Bonchev–Trinajstić information content (AvgIpc) is 2.73. The Morgan fingerprint density at radius 3 is 2.76 bits per heavy atom. The number of benzene rings is 2. The number of rotatable bonds is 4. The zero-order valence-corrected chi connectivity index (χ0v) is 12.3. The van der Waals surface area contributed by atoms with Crippen LogP contribution in [0.15, 0.2) is 36.4 Å². The molecule has 1 aliphatic rings. The Balaban J connectivity index is 1.90. The molecule has 1 atom stereocenters. The lowest BCUT2D eigenvalue weighted by atomic mass is 10.1. The van der Waals surface area contributed by atoms with E-state index in [0.717, 1.165) is 29.0 Å². The van der Waals surface area contributed by atoms with Crippen molar-refractivity contribution in [2.45, 2.75) is 6.04 Å². The van der Waals surface area contributed by atoms with Gasteiger partial charge < -0.3 is 15.4 Å². The van der Waals surface area contributed by atoms with Gasteiger partial charge in [-0.15, -0.1) is 0 Å². The normalized spacial score (nSPS) is 16.0. The van der Waals surface area contributed by atoms with Gasteiger partial charge >= 0.3 is 0 Å². The van der Waals surface area contributed by atoms with Gasteiger partial charge in [0.05, 0.1) is 6.04 Å². The van der Waals surface area contributed by atoms with Crippen molar-refractivity contribution in [2.24, 2.45) is 5.73 Å². The second-order valence-electron chi connectivity index (χ2n) is 5.58. The monoisotopic (exact) mass is 286 g/mol. The largest absolute Gasteiger partial charge is 0.492 e. The van der Waals surface area contributed by atoms with Crippen LogP contribution in [-0.4, -0.2) is 32.1 Å². The Morgan fingerprint density at radius 1 is 1.19 bits per heavy atom. The molecule has 3 rings (SSSR count). The molecule has 0 aromatic heterocycles. The third-order valence-corrected chi connectivity index (χ3v) is 3.82. The van der Waals surface area contributed by atoms with E-state index >= 15 is 0 Å². The van der Waals surface area contributed by atoms with Gasteiger partial charge in [0.15, 0.2) is 0 Å². The number of nitrogens with two attached hydrogens (primary N) is 1. The maximum Gasteiger partial charge on any atom is 0.131 e. The third-order valence-electron chi connectivity index (χ3n) is 3.82. The fourth-order valence-electron chi connectivity index (χ4n) is 2.71. The molecule has 0 amide bonds. The number of ether oxygens (including phenoxy) is 1. The quantitative estimate of drug-likeness (QED) is 0.939. The van der Waals surface area contributed by atoms with E-state index in [-0.39, 0.29) is 11.9 Å². The summed E-state index contributed by atoms with van der Waals surface area (Å²) in [7, 11) is 4.00. The van der Waals surface area contributed by atoms with E-state index in [4.69, 9.17) is 10.5 Å². The van der Waals surface area contributed by atoms with Crippen molar-refractivity contribution in [3.8, 4) is 16.9 Å². The molecule has 110 valence electrons. The van der Waals surface area contributed by atoms with Gasteiger partial charge in [0.25, 0.3) is 0 Å². The van der Waals surface area contributed by atoms with Crippen molar-refractivity contribution >= 4 is 0 Å². The fraction of sp³-hybridized carbons (Fsp3) is 0.294. The molecule has 21 heavy (non-hydrogen) atoms. The van der Waals surface area contributed by atoms with Gasteiger partial charge in [-0.3, -0.25) is 0 Å². The van der Waals surface area contributed by atoms with E-state index in [9.17, 15) is 4.39 Å². The van der Waals surface area contributed by atoms with Gasteiger partial charge in [-0.2, -0.15) is 0 Å². The van der Waals surface area contributed by atoms with E-state index in [0.29, 0.717) is 12.2 Å². The zero-order chi connectivity index (χ0) is 15.0. The first-order valence-corrected chi connectivity index (χ1v) is 7.04. The van der Waals surface area contributed by atoms with E-state index < -0.39 is 0 Å². The summed E-state index contributed by atoms with van der Waals surface area (Å²) in [4.78, 5) is 2.06. The van der Waals surface area contributed by atoms with Crippen LogP contribution in [0, 0.1) is 5.82 Å². The van der Waals surface area contributed by atoms with Crippen LogP contribution in [-0.2, 0) is 0 Å². The summed E-state index contributed by atoms with van der Waals surface area (Å²) in [6, 6.07) is 10.5. The van der Waals surface area contributed by atoms with E-state index in [1.54, 1.807) is 6.07 Å². The van der Waals surface area contributed by atoms with Crippen LogP contribution in [0.5, 0.6) is 5.75 Å². The van der Waals surface area contributed by atoms with E-state index in [1.807, 2.05) is 38.4 Å². The minimum Gasteiger partial charge on any atom is -0.492 e. The molecular formula is C17H19FN2O. The molecule has 2 aromatic carbocycles. The molecule has 4 heteroatoms. The van der Waals surface area contributed by atoms with Crippen LogP contribution in [0.25, 0.3) is 11.1 Å². The van der Waals surface area contributed by atoms with Crippen LogP contribution in [0.1, 0.15) is 17.2 Å². The summed E-state index contributed by atoms with van der Waals surface area (Å²) in [6.45, 7) is 1.46. The lowest BCUT2D eigenvalue weighted by Gasteiger charge is -2.13. The maximum absolute atomic E-state index is 14.0. The Hall–Kier alpha value is -1.91. The molecule has 1 aliphatic carbocycles. The van der Waals surface area contributed by atoms with Crippen LogP contribution >= 0.6 is 0 Å². The van der Waals surface area contributed by atoms with Crippen molar-refractivity contribution in [1.82, 2.24) is 4.90 Å². The van der Waals surface area contributed by atoms with Crippen molar-refractivity contribution in [2.75, 3.05) is 27.2 Å². The fourth-order valence-corrected chi connectivity index (χ4v) is 2.71. The zero-order valence-electron chi connectivity index (χ0n) is 12.3. The molecule has 0 bridgehead atoms. The molecule has 2 aromatic rings. The summed E-state index contributed by atoms with van der Waals surface area (Å²) < 4.78 is 19.8. The molecule has 1 unspecified atom stereocenters. The topological polar surface area (TPSA) is 38.5 Å². The Kier molecular flexibility index (Phi) is 3.66. The molecule has 0 radical (unpaired) electrons. The minimum absolute atomic E-state index is 0.219. The summed E-state index contributed by atoms with van der Waals surface area (Å²) in [5.41, 5.74) is 9.51. The van der Waals surface area contributed by atoms with Crippen LogP contribution in [0.2, 0.25) is 0 Å². The second-order valence-corrected chi connectivity index (χ2v) is 5.58. The maximum atomic E-state index is 14.0. The van der Waals surface area contributed by atoms with E-state index in [1.165, 1.54) is 6.07 Å². The van der Waals surface area contributed by atoms with Crippen molar-refractivity contribution in [3.63, 3.8) is 0 Å². The molecular weight excluding hydrogens is 267 g/mol. The smallest absolute Gasteiger partial charge is 0.131 e. The first kappa shape index (κ1) is 14.0. The number of likely N-dealkylation sites (N-methyl/N-ethyl adjacent to an activating group) is 1. The molecule has 0 saturated heterocycles. The first-order chi connectivity index (χ1) is 10.1. The summed E-state index contributed by atoms with van der Waals surface area (Å²) >= 11 is 0. The number of halogens is 1. The van der Waals surface area contributed by atoms with Crippen molar-refractivity contribution in [3.05, 3.63) is 53.3 Å². The lowest BCUT2D eigenvalue weighted by Crippen LogP contribution is -2.19. The number of nitrogens with zero attached hydrogens (tertiary/aromatic N) is 1. The van der Waals surface area contributed by atoms with Gasteiger partial charge in [-0.1, -0.05) is 18.2 Å². The minimum atomic E-state index is -0.289. The van der Waals surface area contributed by atoms with E-state index in [2.05, 4.69) is 4.90 Å². The summed E-state index contributed by atoms with van der Waals surface area (Å²) in [5.74, 6) is 0.558. The van der Waals surface area contributed by atoms with Gasteiger partial charge in [0, 0.05) is 12.1 Å². The predicted octanol–water partition coefficient (Wildman–Crippen LogP) is 2.79. The summed E-state index contributed by atoms with van der Waals surface area (Å²) in [6.07, 6.45) is 0. The average molecular weight is 286 g/mol. The highest BCUT2D eigenvalue weighted by Crippen LogP contribution is 2.44. The Labute approximate surface area is 124 Å². The van der Waals surface area contributed by atoms with Crippen LogP contribution in [0.4, 0.5) is 4.39 Å². The van der Waals surface area contributed by atoms with Gasteiger partial charge in [0.1, 0.15) is 18.2 Å². The highest BCUT2D eigenvalue weighted by molar-refractivity contribution is 5.79. The molecule has 0 spiro atoms. The molecule has 3 nitrogen and oxygen atoms in total. The number of hydrogen-bond acceptors (Lipinski definition) is 3. The molecule has 0 heterocycles. The lowest BCUT2D eigenvalue weighted by molar-refractivity contribution is 0.261. The van der Waals surface area contributed by atoms with Crippen molar-refractivity contribution < 1.29 is 9.13 Å². The third kappa shape index (κ3) is 2.52. The number of hydrogen-bond donors (Lipinski definition) is 1.